The lowest BCUT2D eigenvalue weighted by Crippen LogP contribution is -2.46. The van der Waals surface area contributed by atoms with Crippen molar-refractivity contribution in [2.75, 3.05) is 26.0 Å². The number of benzene rings is 1. The third kappa shape index (κ3) is 6.34. The summed E-state index contributed by atoms with van der Waals surface area (Å²) in [6, 6.07) is 8.00. The average Bonchev–Trinajstić information content (AvgIpc) is 2.54. The zero-order valence-corrected chi connectivity index (χ0v) is 17.6. The molecule has 1 aromatic rings. The summed E-state index contributed by atoms with van der Waals surface area (Å²) in [5.74, 6) is 1.29. The lowest BCUT2D eigenvalue weighted by molar-refractivity contribution is -0.0486. The van der Waals surface area contributed by atoms with Crippen LogP contribution in [0.3, 0.4) is 0 Å². The van der Waals surface area contributed by atoms with E-state index >= 15 is 0 Å². The van der Waals surface area contributed by atoms with Gasteiger partial charge < -0.3 is 4.74 Å². The zero-order chi connectivity index (χ0) is 19.3. The highest BCUT2D eigenvalue weighted by Gasteiger charge is 2.31. The van der Waals surface area contributed by atoms with E-state index in [9.17, 15) is 8.42 Å². The van der Waals surface area contributed by atoms with Gasteiger partial charge in [0.2, 0.25) is 10.0 Å². The molecule has 1 aromatic carbocycles. The van der Waals surface area contributed by atoms with Crippen LogP contribution in [0.25, 0.3) is 0 Å². The van der Waals surface area contributed by atoms with Gasteiger partial charge in [-0.05, 0) is 49.8 Å². The smallest absolute Gasteiger partial charge is 0.209 e. The Morgan fingerprint density at radius 3 is 2.42 bits per heavy atom. The molecular weight excluding hydrogens is 348 g/mol. The first-order valence-corrected chi connectivity index (χ1v) is 11.5. The molecule has 0 aromatic heterocycles. The molecule has 0 radical (unpaired) electrons. The molecular formula is C20H34N2O3S. The van der Waals surface area contributed by atoms with Crippen LogP contribution >= 0.6 is 0 Å². The van der Waals surface area contributed by atoms with Crippen molar-refractivity contribution in [3.8, 4) is 0 Å². The van der Waals surface area contributed by atoms with Crippen molar-refractivity contribution in [3.63, 3.8) is 0 Å². The first-order chi connectivity index (χ1) is 12.2. The van der Waals surface area contributed by atoms with E-state index in [1.165, 1.54) is 18.2 Å². The van der Waals surface area contributed by atoms with Gasteiger partial charge in [0.1, 0.15) is 0 Å². The van der Waals surface area contributed by atoms with Crippen LogP contribution in [-0.2, 0) is 21.3 Å². The molecule has 26 heavy (non-hydrogen) atoms. The summed E-state index contributed by atoms with van der Waals surface area (Å²) in [6.45, 7) is 12.3. The largest absolute Gasteiger partial charge is 0.377 e. The van der Waals surface area contributed by atoms with Gasteiger partial charge in [-0.25, -0.2) is 13.1 Å². The predicted molar refractivity (Wildman–Crippen MR) is 106 cm³/mol. The van der Waals surface area contributed by atoms with Gasteiger partial charge in [0.15, 0.2) is 0 Å². The van der Waals surface area contributed by atoms with Crippen molar-refractivity contribution >= 4 is 10.0 Å². The van der Waals surface area contributed by atoms with E-state index in [0.29, 0.717) is 17.9 Å². The average molecular weight is 383 g/mol. The number of likely N-dealkylation sites (tertiary alicyclic amines) is 1. The molecule has 3 atom stereocenters. The third-order valence-corrected chi connectivity index (χ3v) is 5.99. The number of piperidine rings is 1. The second kappa shape index (κ2) is 9.31. The fraction of sp³-hybridized carbons (Fsp3) is 0.700. The summed E-state index contributed by atoms with van der Waals surface area (Å²) in [5.41, 5.74) is 2.23. The number of nitrogens with zero attached hydrogens (tertiary/aromatic N) is 1. The quantitative estimate of drug-likeness (QED) is 0.750. The highest BCUT2D eigenvalue weighted by atomic mass is 32.2. The molecule has 6 heteroatoms. The maximum Gasteiger partial charge on any atom is 0.209 e. The van der Waals surface area contributed by atoms with Crippen LogP contribution in [0, 0.1) is 11.8 Å². The second-order valence-corrected chi connectivity index (χ2v) is 9.56. The van der Waals surface area contributed by atoms with E-state index in [0.717, 1.165) is 31.8 Å². The van der Waals surface area contributed by atoms with Crippen LogP contribution in [0.2, 0.25) is 0 Å². The second-order valence-electron chi connectivity index (χ2n) is 7.78. The van der Waals surface area contributed by atoms with Crippen molar-refractivity contribution < 1.29 is 13.2 Å². The first kappa shape index (κ1) is 21.4. The molecule has 1 unspecified atom stereocenters. The minimum atomic E-state index is -3.20. The van der Waals surface area contributed by atoms with Crippen molar-refractivity contribution in [2.24, 2.45) is 11.8 Å². The van der Waals surface area contributed by atoms with Crippen LogP contribution in [-0.4, -0.2) is 45.4 Å². The fourth-order valence-corrected chi connectivity index (χ4v) is 4.63. The molecule has 0 aliphatic carbocycles. The molecule has 0 amide bonds. The molecule has 0 bridgehead atoms. The Balaban J connectivity index is 1.96. The normalized spacial score (nSPS) is 23.3. The third-order valence-electron chi connectivity index (χ3n) is 5.21. The van der Waals surface area contributed by atoms with Gasteiger partial charge >= 0.3 is 0 Å². The number of rotatable bonds is 8. The van der Waals surface area contributed by atoms with Gasteiger partial charge in [0.05, 0.1) is 12.4 Å². The molecule has 0 saturated carbocycles. The zero-order valence-electron chi connectivity index (χ0n) is 16.7. The monoisotopic (exact) mass is 382 g/mol. The number of hydrogen-bond acceptors (Lipinski definition) is 4. The lowest BCUT2D eigenvalue weighted by atomic mass is 9.84. The predicted octanol–water partition coefficient (Wildman–Crippen LogP) is 3.18. The van der Waals surface area contributed by atoms with Crippen molar-refractivity contribution in [1.29, 1.82) is 0 Å². The van der Waals surface area contributed by atoms with E-state index in [2.05, 4.69) is 42.5 Å². The fourth-order valence-electron chi connectivity index (χ4n) is 3.85. The molecule has 5 nitrogen and oxygen atoms in total. The van der Waals surface area contributed by atoms with Gasteiger partial charge in [0.25, 0.3) is 0 Å². The molecule has 0 spiro atoms. The SMILES string of the molecule is CCO[C@H]1CN(Cc2ccc([C@@H](C)NS(C)(=O)=O)cc2)CCC1C(C)C. The molecule has 1 aliphatic rings. The molecule has 2 rings (SSSR count). The molecule has 1 N–H and O–H groups in total. The van der Waals surface area contributed by atoms with E-state index < -0.39 is 10.0 Å². The Kier molecular flexibility index (Phi) is 7.64. The summed E-state index contributed by atoms with van der Waals surface area (Å²) in [6.07, 6.45) is 2.68. The van der Waals surface area contributed by atoms with Crippen LogP contribution in [0.4, 0.5) is 0 Å². The maximum atomic E-state index is 11.4. The Bertz CT molecular complexity index is 658. The van der Waals surface area contributed by atoms with E-state index in [4.69, 9.17) is 4.74 Å². The van der Waals surface area contributed by atoms with Gasteiger partial charge in [-0.2, -0.15) is 0 Å². The van der Waals surface area contributed by atoms with Crippen LogP contribution in [0.5, 0.6) is 0 Å². The van der Waals surface area contributed by atoms with Crippen LogP contribution in [0.15, 0.2) is 24.3 Å². The van der Waals surface area contributed by atoms with Gasteiger partial charge in [-0.15, -0.1) is 0 Å². The van der Waals surface area contributed by atoms with Crippen LogP contribution < -0.4 is 4.72 Å². The van der Waals surface area contributed by atoms with Crippen molar-refractivity contribution in [1.82, 2.24) is 9.62 Å². The molecule has 1 aliphatic heterocycles. The summed E-state index contributed by atoms with van der Waals surface area (Å²) in [5, 5.41) is 0. The van der Waals surface area contributed by atoms with E-state index in [-0.39, 0.29) is 6.04 Å². The Morgan fingerprint density at radius 2 is 1.88 bits per heavy atom. The van der Waals surface area contributed by atoms with Crippen molar-refractivity contribution in [2.45, 2.75) is 52.8 Å². The first-order valence-electron chi connectivity index (χ1n) is 9.59. The van der Waals surface area contributed by atoms with Gasteiger partial charge in [0, 0.05) is 25.7 Å². The standard InChI is InChI=1S/C20H34N2O3S/c1-6-25-20-14-22(12-11-19(20)15(2)3)13-17-7-9-18(10-8-17)16(4)21-26(5,23)24/h7-10,15-16,19-21H,6,11-14H2,1-5H3/t16-,19?,20+/m1/s1. The maximum absolute atomic E-state index is 11.4. The molecule has 1 heterocycles. The van der Waals surface area contributed by atoms with E-state index in [1.807, 2.05) is 19.1 Å². The molecule has 148 valence electrons. The summed E-state index contributed by atoms with van der Waals surface area (Å²) in [4.78, 5) is 2.46. The number of ether oxygens (including phenoxy) is 1. The number of nitrogens with one attached hydrogen (secondary N) is 1. The number of sulfonamides is 1. The highest BCUT2D eigenvalue weighted by molar-refractivity contribution is 7.88. The summed E-state index contributed by atoms with van der Waals surface area (Å²) >= 11 is 0. The van der Waals surface area contributed by atoms with Gasteiger partial charge in [-0.3, -0.25) is 4.90 Å². The van der Waals surface area contributed by atoms with Crippen molar-refractivity contribution in [3.05, 3.63) is 35.4 Å². The Labute approximate surface area is 159 Å². The summed E-state index contributed by atoms with van der Waals surface area (Å²) in [7, 11) is -3.20. The minimum Gasteiger partial charge on any atom is -0.377 e. The van der Waals surface area contributed by atoms with Crippen LogP contribution in [0.1, 0.15) is 51.3 Å². The summed E-state index contributed by atoms with van der Waals surface area (Å²) < 4.78 is 31.4. The Morgan fingerprint density at radius 1 is 1.23 bits per heavy atom. The number of hydrogen-bond donors (Lipinski definition) is 1. The Hall–Kier alpha value is -0.950. The lowest BCUT2D eigenvalue weighted by Gasteiger charge is -2.40. The molecule has 1 fully saturated rings. The van der Waals surface area contributed by atoms with E-state index in [1.54, 1.807) is 0 Å². The minimum absolute atomic E-state index is 0.219. The van der Waals surface area contributed by atoms with Gasteiger partial charge in [-0.1, -0.05) is 38.1 Å². The molecule has 1 saturated heterocycles. The topological polar surface area (TPSA) is 58.6 Å². The highest BCUT2D eigenvalue weighted by Crippen LogP contribution is 2.28.